The van der Waals surface area contributed by atoms with Gasteiger partial charge in [0, 0.05) is 30.1 Å². The van der Waals surface area contributed by atoms with Crippen LogP contribution in [0.5, 0.6) is 0 Å². The van der Waals surface area contributed by atoms with E-state index in [4.69, 9.17) is 4.98 Å². The predicted molar refractivity (Wildman–Crippen MR) is 95.4 cm³/mol. The molecule has 0 atom stereocenters. The van der Waals surface area contributed by atoms with Gasteiger partial charge in [-0.25, -0.2) is 4.98 Å². The van der Waals surface area contributed by atoms with Crippen LogP contribution < -0.4 is 10.2 Å². The van der Waals surface area contributed by atoms with Crippen LogP contribution in [0, 0.1) is 12.8 Å². The summed E-state index contributed by atoms with van der Waals surface area (Å²) in [7, 11) is 0. The minimum absolute atomic E-state index is 0.149. The van der Waals surface area contributed by atoms with E-state index in [2.05, 4.69) is 58.7 Å². The van der Waals surface area contributed by atoms with E-state index >= 15 is 0 Å². The summed E-state index contributed by atoms with van der Waals surface area (Å²) in [6.45, 7) is 18.6. The fourth-order valence-corrected chi connectivity index (χ4v) is 3.33. The first-order valence-electron chi connectivity index (χ1n) is 8.26. The number of thiazole rings is 1. The molecule has 122 valence electrons. The average molecular weight is 312 g/mol. The van der Waals surface area contributed by atoms with Crippen LogP contribution in [-0.4, -0.2) is 23.6 Å². The van der Waals surface area contributed by atoms with E-state index < -0.39 is 0 Å². The fraction of sp³-hybridized carbons (Fsp3) is 0.824. The van der Waals surface area contributed by atoms with Crippen molar-refractivity contribution < 1.29 is 0 Å². The zero-order valence-electron chi connectivity index (χ0n) is 14.9. The van der Waals surface area contributed by atoms with Crippen LogP contribution >= 0.6 is 11.3 Å². The van der Waals surface area contributed by atoms with Crippen LogP contribution in [0.25, 0.3) is 0 Å². The molecule has 1 N–H and O–H groups in total. The van der Waals surface area contributed by atoms with Crippen molar-refractivity contribution in [2.24, 2.45) is 5.92 Å². The molecular weight excluding hydrogens is 278 g/mol. The lowest BCUT2D eigenvalue weighted by atomic mass is 10.0. The summed E-state index contributed by atoms with van der Waals surface area (Å²) >= 11 is 1.85. The Bertz CT molecular complexity index is 416. The lowest BCUT2D eigenvalue weighted by molar-refractivity contribution is 0.425. The highest BCUT2D eigenvalue weighted by molar-refractivity contribution is 7.15. The van der Waals surface area contributed by atoms with Crippen molar-refractivity contribution in [1.29, 1.82) is 0 Å². The Hall–Kier alpha value is -0.610. The van der Waals surface area contributed by atoms with Crippen molar-refractivity contribution >= 4 is 16.5 Å². The molecule has 0 aliphatic heterocycles. The zero-order valence-corrected chi connectivity index (χ0v) is 15.7. The highest BCUT2D eigenvalue weighted by atomic mass is 32.1. The SMILES string of the molecule is CCC(CC)CN(CC)c1nc(C)c(CNC(C)(C)C)s1. The third-order valence-corrected chi connectivity index (χ3v) is 5.16. The van der Waals surface area contributed by atoms with Gasteiger partial charge in [-0.05, 0) is 40.5 Å². The Kier molecular flexibility index (Phi) is 7.14. The molecule has 0 saturated carbocycles. The number of rotatable bonds is 8. The molecule has 0 amide bonds. The van der Waals surface area contributed by atoms with Crippen molar-refractivity contribution in [1.82, 2.24) is 10.3 Å². The molecular formula is C17H33N3S. The van der Waals surface area contributed by atoms with E-state index in [0.717, 1.165) is 25.6 Å². The Morgan fingerprint density at radius 2 is 1.81 bits per heavy atom. The summed E-state index contributed by atoms with van der Waals surface area (Å²) in [6, 6.07) is 0. The summed E-state index contributed by atoms with van der Waals surface area (Å²) < 4.78 is 0. The molecule has 0 fully saturated rings. The maximum absolute atomic E-state index is 4.81. The summed E-state index contributed by atoms with van der Waals surface area (Å²) in [5.41, 5.74) is 1.33. The second-order valence-electron chi connectivity index (χ2n) is 6.83. The van der Waals surface area contributed by atoms with E-state index in [1.54, 1.807) is 0 Å². The maximum atomic E-state index is 4.81. The summed E-state index contributed by atoms with van der Waals surface area (Å²) in [5, 5.41) is 4.75. The Balaban J connectivity index is 2.78. The highest BCUT2D eigenvalue weighted by Crippen LogP contribution is 2.27. The van der Waals surface area contributed by atoms with Gasteiger partial charge < -0.3 is 10.2 Å². The second-order valence-corrected chi connectivity index (χ2v) is 7.89. The van der Waals surface area contributed by atoms with Crippen LogP contribution in [0.15, 0.2) is 0 Å². The minimum Gasteiger partial charge on any atom is -0.348 e. The van der Waals surface area contributed by atoms with E-state index in [1.807, 2.05) is 11.3 Å². The zero-order chi connectivity index (χ0) is 16.0. The van der Waals surface area contributed by atoms with Crippen LogP contribution in [0.1, 0.15) is 65.0 Å². The summed E-state index contributed by atoms with van der Waals surface area (Å²) in [5.74, 6) is 0.769. The molecule has 3 nitrogen and oxygen atoms in total. The number of nitrogens with zero attached hydrogens (tertiary/aromatic N) is 2. The standard InChI is InChI=1S/C17H33N3S/c1-8-14(9-2)12-20(10-3)16-19-13(4)15(21-16)11-18-17(5,6)7/h14,18H,8-12H2,1-7H3. The predicted octanol–water partition coefficient (Wildman–Crippen LogP) is 4.60. The first kappa shape index (κ1) is 18.4. The van der Waals surface area contributed by atoms with Crippen LogP contribution in [0.3, 0.4) is 0 Å². The first-order valence-corrected chi connectivity index (χ1v) is 9.08. The van der Waals surface area contributed by atoms with Gasteiger partial charge in [0.1, 0.15) is 0 Å². The van der Waals surface area contributed by atoms with Gasteiger partial charge in [0.25, 0.3) is 0 Å². The molecule has 1 rings (SSSR count). The van der Waals surface area contributed by atoms with Gasteiger partial charge in [0.05, 0.1) is 5.69 Å². The topological polar surface area (TPSA) is 28.2 Å². The van der Waals surface area contributed by atoms with E-state index in [0.29, 0.717) is 0 Å². The molecule has 0 bridgehead atoms. The van der Waals surface area contributed by atoms with E-state index in [-0.39, 0.29) is 5.54 Å². The molecule has 0 aliphatic rings. The van der Waals surface area contributed by atoms with Gasteiger partial charge in [0.2, 0.25) is 0 Å². The van der Waals surface area contributed by atoms with Crippen molar-refractivity contribution in [2.45, 2.75) is 73.4 Å². The van der Waals surface area contributed by atoms with Gasteiger partial charge >= 0.3 is 0 Å². The monoisotopic (exact) mass is 311 g/mol. The Morgan fingerprint density at radius 1 is 1.19 bits per heavy atom. The second kappa shape index (κ2) is 8.14. The van der Waals surface area contributed by atoms with Crippen molar-refractivity contribution in [3.05, 3.63) is 10.6 Å². The third kappa shape index (κ3) is 5.95. The van der Waals surface area contributed by atoms with Crippen molar-refractivity contribution in [3.8, 4) is 0 Å². The normalized spacial score (nSPS) is 12.2. The molecule has 0 aliphatic carbocycles. The minimum atomic E-state index is 0.149. The molecule has 1 aromatic rings. The molecule has 21 heavy (non-hydrogen) atoms. The van der Waals surface area contributed by atoms with E-state index in [9.17, 15) is 0 Å². The Labute approximate surface area is 135 Å². The van der Waals surface area contributed by atoms with Gasteiger partial charge in [-0.15, -0.1) is 11.3 Å². The summed E-state index contributed by atoms with van der Waals surface area (Å²) in [6.07, 6.45) is 2.49. The van der Waals surface area contributed by atoms with Crippen molar-refractivity contribution in [3.63, 3.8) is 0 Å². The smallest absolute Gasteiger partial charge is 0.185 e. The van der Waals surface area contributed by atoms with Crippen LogP contribution in [-0.2, 0) is 6.54 Å². The lowest BCUT2D eigenvalue weighted by Gasteiger charge is -2.24. The summed E-state index contributed by atoms with van der Waals surface area (Å²) in [4.78, 5) is 8.61. The molecule has 0 saturated heterocycles. The number of nitrogens with one attached hydrogen (secondary N) is 1. The van der Waals surface area contributed by atoms with E-state index in [1.165, 1.54) is 28.5 Å². The highest BCUT2D eigenvalue weighted by Gasteiger charge is 2.17. The quantitative estimate of drug-likeness (QED) is 0.760. The van der Waals surface area contributed by atoms with Gasteiger partial charge in [-0.2, -0.15) is 0 Å². The Morgan fingerprint density at radius 3 is 2.29 bits per heavy atom. The maximum Gasteiger partial charge on any atom is 0.185 e. The molecule has 1 aromatic heterocycles. The molecule has 0 aromatic carbocycles. The van der Waals surface area contributed by atoms with Gasteiger partial charge in [0.15, 0.2) is 5.13 Å². The molecule has 0 spiro atoms. The van der Waals surface area contributed by atoms with Crippen LogP contribution in [0.2, 0.25) is 0 Å². The average Bonchev–Trinajstić information content (AvgIpc) is 2.78. The largest absolute Gasteiger partial charge is 0.348 e. The van der Waals surface area contributed by atoms with Crippen molar-refractivity contribution in [2.75, 3.05) is 18.0 Å². The third-order valence-electron chi connectivity index (χ3n) is 3.95. The molecule has 1 heterocycles. The molecule has 0 radical (unpaired) electrons. The van der Waals surface area contributed by atoms with Gasteiger partial charge in [-0.1, -0.05) is 26.7 Å². The first-order chi connectivity index (χ1) is 9.80. The number of hydrogen-bond acceptors (Lipinski definition) is 4. The number of aryl methyl sites for hydroxylation is 1. The number of aromatic nitrogens is 1. The number of hydrogen-bond donors (Lipinski definition) is 1. The van der Waals surface area contributed by atoms with Gasteiger partial charge in [-0.3, -0.25) is 0 Å². The molecule has 0 unspecified atom stereocenters. The number of anilines is 1. The lowest BCUT2D eigenvalue weighted by Crippen LogP contribution is -2.34. The molecule has 4 heteroatoms. The van der Waals surface area contributed by atoms with Crippen LogP contribution in [0.4, 0.5) is 5.13 Å². The fourth-order valence-electron chi connectivity index (χ4n) is 2.26.